The number of nitrogens with two attached hydrogens (primary N) is 1. The van der Waals surface area contributed by atoms with Gasteiger partial charge in [0.1, 0.15) is 0 Å². The molecule has 1 unspecified atom stereocenters. The van der Waals surface area contributed by atoms with Crippen LogP contribution in [-0.4, -0.2) is 12.5 Å². The first-order valence-corrected chi connectivity index (χ1v) is 6.70. The van der Waals surface area contributed by atoms with Gasteiger partial charge in [0.05, 0.1) is 0 Å². The first-order valence-electron chi connectivity index (χ1n) is 6.32. The molecule has 0 fully saturated rings. The average molecular weight is 269 g/mol. The highest BCUT2D eigenvalue weighted by Crippen LogP contribution is 2.20. The molecule has 1 atom stereocenters. The first kappa shape index (κ1) is 15.0. The Bertz CT molecular complexity index is 403. The molecule has 0 radical (unpaired) electrons. The minimum absolute atomic E-state index is 0.0156. The molecule has 4 heteroatoms. The van der Waals surface area contributed by atoms with Crippen LogP contribution in [0.25, 0.3) is 0 Å². The predicted octanol–water partition coefficient (Wildman–Crippen LogP) is 3.35. The van der Waals surface area contributed by atoms with E-state index in [4.69, 9.17) is 17.3 Å². The van der Waals surface area contributed by atoms with Gasteiger partial charge in [-0.15, -0.1) is 0 Å². The second-order valence-electron chi connectivity index (χ2n) is 4.56. The molecule has 100 valence electrons. The summed E-state index contributed by atoms with van der Waals surface area (Å²) in [5.74, 6) is 0.444. The van der Waals surface area contributed by atoms with Crippen LogP contribution in [0.1, 0.15) is 31.7 Å². The molecule has 18 heavy (non-hydrogen) atoms. The molecule has 0 heterocycles. The number of benzene rings is 1. The van der Waals surface area contributed by atoms with Gasteiger partial charge in [-0.3, -0.25) is 4.79 Å². The molecule has 1 rings (SSSR count). The Morgan fingerprint density at radius 1 is 1.50 bits per heavy atom. The monoisotopic (exact) mass is 268 g/mol. The van der Waals surface area contributed by atoms with E-state index in [1.807, 2.05) is 19.1 Å². The van der Waals surface area contributed by atoms with Gasteiger partial charge < -0.3 is 11.1 Å². The summed E-state index contributed by atoms with van der Waals surface area (Å²) < 4.78 is 0. The fourth-order valence-electron chi connectivity index (χ4n) is 1.72. The second kappa shape index (κ2) is 7.39. The summed E-state index contributed by atoms with van der Waals surface area (Å²) in [7, 11) is 0. The lowest BCUT2D eigenvalue weighted by atomic mass is 10.0. The van der Waals surface area contributed by atoms with E-state index >= 15 is 0 Å². The predicted molar refractivity (Wildman–Crippen MR) is 76.9 cm³/mol. The Morgan fingerprint density at radius 2 is 2.22 bits per heavy atom. The molecular weight excluding hydrogens is 248 g/mol. The van der Waals surface area contributed by atoms with Gasteiger partial charge in [-0.1, -0.05) is 31.0 Å². The summed E-state index contributed by atoms with van der Waals surface area (Å²) in [6.07, 6.45) is 2.35. The van der Waals surface area contributed by atoms with Crippen LogP contribution < -0.4 is 11.1 Å². The summed E-state index contributed by atoms with van der Waals surface area (Å²) in [6.45, 7) is 4.66. The number of aryl methyl sites for hydroxylation is 1. The van der Waals surface area contributed by atoms with Crippen LogP contribution >= 0.6 is 11.6 Å². The summed E-state index contributed by atoms with van der Waals surface area (Å²) in [5, 5.41) is 3.52. The van der Waals surface area contributed by atoms with Crippen LogP contribution in [0.2, 0.25) is 5.02 Å². The minimum atomic E-state index is 0.0156. The highest BCUT2D eigenvalue weighted by Gasteiger charge is 2.08. The molecule has 0 aliphatic heterocycles. The number of hydrogen-bond donors (Lipinski definition) is 2. The van der Waals surface area contributed by atoms with Crippen molar-refractivity contribution in [1.82, 2.24) is 0 Å². The highest BCUT2D eigenvalue weighted by molar-refractivity contribution is 6.31. The minimum Gasteiger partial charge on any atom is -0.330 e. The zero-order valence-electron chi connectivity index (χ0n) is 11.0. The molecule has 0 aliphatic carbocycles. The van der Waals surface area contributed by atoms with Gasteiger partial charge in [0, 0.05) is 17.1 Å². The molecule has 0 aliphatic rings. The van der Waals surface area contributed by atoms with Crippen molar-refractivity contribution in [3.8, 4) is 0 Å². The van der Waals surface area contributed by atoms with E-state index in [-0.39, 0.29) is 5.91 Å². The largest absolute Gasteiger partial charge is 0.330 e. The van der Waals surface area contributed by atoms with E-state index in [1.165, 1.54) is 0 Å². The van der Waals surface area contributed by atoms with Crippen LogP contribution in [0.4, 0.5) is 5.69 Å². The number of amides is 1. The Labute approximate surface area is 114 Å². The zero-order chi connectivity index (χ0) is 13.5. The molecular formula is C14H21ClN2O. The van der Waals surface area contributed by atoms with Crippen molar-refractivity contribution in [2.75, 3.05) is 11.9 Å². The third-order valence-electron chi connectivity index (χ3n) is 3.15. The van der Waals surface area contributed by atoms with Crippen LogP contribution in [0.5, 0.6) is 0 Å². The summed E-state index contributed by atoms with van der Waals surface area (Å²) in [4.78, 5) is 11.7. The first-order chi connectivity index (χ1) is 8.56. The maximum atomic E-state index is 11.7. The maximum Gasteiger partial charge on any atom is 0.224 e. The summed E-state index contributed by atoms with van der Waals surface area (Å²) >= 11 is 6.00. The topological polar surface area (TPSA) is 55.1 Å². The van der Waals surface area contributed by atoms with Crippen LogP contribution in [0, 0.1) is 12.8 Å². The van der Waals surface area contributed by atoms with E-state index < -0.39 is 0 Å². The van der Waals surface area contributed by atoms with Gasteiger partial charge in [0.15, 0.2) is 0 Å². The molecule has 3 N–H and O–H groups in total. The van der Waals surface area contributed by atoms with Crippen molar-refractivity contribution in [3.63, 3.8) is 0 Å². The Balaban J connectivity index is 2.46. The molecule has 0 aromatic heterocycles. The van der Waals surface area contributed by atoms with Crippen LogP contribution in [-0.2, 0) is 4.79 Å². The van der Waals surface area contributed by atoms with Crippen molar-refractivity contribution in [1.29, 1.82) is 0 Å². The summed E-state index contributed by atoms with van der Waals surface area (Å²) in [6, 6.07) is 5.53. The van der Waals surface area contributed by atoms with E-state index in [2.05, 4.69) is 12.2 Å². The van der Waals surface area contributed by atoms with E-state index in [0.29, 0.717) is 23.9 Å². The molecule has 0 saturated carbocycles. The zero-order valence-corrected chi connectivity index (χ0v) is 11.8. The lowest BCUT2D eigenvalue weighted by Gasteiger charge is -2.12. The Morgan fingerprint density at radius 3 is 2.78 bits per heavy atom. The van der Waals surface area contributed by atoms with Gasteiger partial charge in [-0.25, -0.2) is 0 Å². The number of halogens is 1. The van der Waals surface area contributed by atoms with Gasteiger partial charge >= 0.3 is 0 Å². The molecule has 0 bridgehead atoms. The highest BCUT2D eigenvalue weighted by atomic mass is 35.5. The van der Waals surface area contributed by atoms with E-state index in [0.717, 1.165) is 24.1 Å². The fraction of sp³-hybridized carbons (Fsp3) is 0.500. The van der Waals surface area contributed by atoms with Crippen molar-refractivity contribution < 1.29 is 4.79 Å². The number of nitrogens with one attached hydrogen (secondary N) is 1. The Kier molecular flexibility index (Phi) is 6.16. The number of anilines is 1. The quantitative estimate of drug-likeness (QED) is 0.831. The standard InChI is InChI=1S/C14H21ClN2O/c1-3-11(9-16)5-7-14(18)17-12-6-4-10(2)13(15)8-12/h4,6,8,11H,3,5,7,9,16H2,1-2H3,(H,17,18). The molecule has 3 nitrogen and oxygen atoms in total. The molecule has 0 saturated heterocycles. The Hall–Kier alpha value is -1.06. The normalized spacial score (nSPS) is 12.2. The maximum absolute atomic E-state index is 11.7. The molecule has 1 amide bonds. The number of carbonyl (C=O) groups is 1. The lowest BCUT2D eigenvalue weighted by molar-refractivity contribution is -0.116. The van der Waals surface area contributed by atoms with Gasteiger partial charge in [-0.2, -0.15) is 0 Å². The number of carbonyl (C=O) groups excluding carboxylic acids is 1. The third kappa shape index (κ3) is 4.67. The average Bonchev–Trinajstić information content (AvgIpc) is 2.35. The SMILES string of the molecule is CCC(CN)CCC(=O)Nc1ccc(C)c(Cl)c1. The molecule has 1 aromatic carbocycles. The fourth-order valence-corrected chi connectivity index (χ4v) is 1.90. The van der Waals surface area contributed by atoms with Gasteiger partial charge in [-0.05, 0) is 43.5 Å². The van der Waals surface area contributed by atoms with Crippen molar-refractivity contribution in [2.45, 2.75) is 33.1 Å². The van der Waals surface area contributed by atoms with Crippen molar-refractivity contribution in [2.24, 2.45) is 11.7 Å². The lowest BCUT2D eigenvalue weighted by Crippen LogP contribution is -2.17. The number of hydrogen-bond acceptors (Lipinski definition) is 2. The molecule has 1 aromatic rings. The molecule has 0 spiro atoms. The van der Waals surface area contributed by atoms with Crippen molar-refractivity contribution in [3.05, 3.63) is 28.8 Å². The second-order valence-corrected chi connectivity index (χ2v) is 4.97. The smallest absolute Gasteiger partial charge is 0.224 e. The van der Waals surface area contributed by atoms with Gasteiger partial charge in [0.25, 0.3) is 0 Å². The van der Waals surface area contributed by atoms with Crippen LogP contribution in [0.3, 0.4) is 0 Å². The van der Waals surface area contributed by atoms with Crippen molar-refractivity contribution >= 4 is 23.2 Å². The van der Waals surface area contributed by atoms with E-state index in [1.54, 1.807) is 6.07 Å². The van der Waals surface area contributed by atoms with Crippen LogP contribution in [0.15, 0.2) is 18.2 Å². The third-order valence-corrected chi connectivity index (χ3v) is 3.55. The van der Waals surface area contributed by atoms with Gasteiger partial charge in [0.2, 0.25) is 5.91 Å². The van der Waals surface area contributed by atoms with E-state index in [9.17, 15) is 4.79 Å². The summed E-state index contributed by atoms with van der Waals surface area (Å²) in [5.41, 5.74) is 7.36. The number of rotatable bonds is 6.